The van der Waals surface area contributed by atoms with E-state index in [2.05, 4.69) is 10.2 Å². The predicted octanol–water partition coefficient (Wildman–Crippen LogP) is 3.42. The molecule has 1 aliphatic rings. The number of halogens is 1. The lowest BCUT2D eigenvalue weighted by atomic mass is 10.2. The Balaban J connectivity index is 1.54. The van der Waals surface area contributed by atoms with Gasteiger partial charge >= 0.3 is 5.97 Å². The fourth-order valence-corrected chi connectivity index (χ4v) is 3.44. The number of hydrogen-bond donors (Lipinski definition) is 1. The molecule has 0 saturated carbocycles. The molecule has 1 atom stereocenters. The highest BCUT2D eigenvalue weighted by Gasteiger charge is 2.20. The molecule has 1 aromatic heterocycles. The molecule has 6 nitrogen and oxygen atoms in total. The van der Waals surface area contributed by atoms with E-state index in [1.54, 1.807) is 12.1 Å². The fourth-order valence-electron chi connectivity index (χ4n) is 2.52. The van der Waals surface area contributed by atoms with Crippen molar-refractivity contribution in [2.75, 3.05) is 36.5 Å². The number of carbonyl (C=O) groups is 2. The second-order valence-electron chi connectivity index (χ2n) is 5.79. The molecule has 0 aliphatic carbocycles. The van der Waals surface area contributed by atoms with Crippen molar-refractivity contribution in [3.8, 4) is 0 Å². The van der Waals surface area contributed by atoms with E-state index in [9.17, 15) is 9.59 Å². The van der Waals surface area contributed by atoms with Crippen molar-refractivity contribution >= 4 is 46.2 Å². The Labute approximate surface area is 160 Å². The zero-order valence-electron chi connectivity index (χ0n) is 14.2. The number of nitrogens with one attached hydrogen (secondary N) is 1. The topological polar surface area (TPSA) is 67.9 Å². The van der Waals surface area contributed by atoms with Crippen molar-refractivity contribution in [1.29, 1.82) is 0 Å². The number of nitrogens with zero attached hydrogens (tertiary/aromatic N) is 1. The summed E-state index contributed by atoms with van der Waals surface area (Å²) < 4.78 is 11.0. The van der Waals surface area contributed by atoms with Crippen LogP contribution in [0.3, 0.4) is 0 Å². The smallest absolute Gasteiger partial charge is 0.349 e. The summed E-state index contributed by atoms with van der Waals surface area (Å²) >= 11 is 6.92. The summed E-state index contributed by atoms with van der Waals surface area (Å²) in [7, 11) is 0. The fraction of sp³-hybridized carbons (Fsp3) is 0.333. The van der Waals surface area contributed by atoms with E-state index in [1.165, 1.54) is 6.92 Å². The van der Waals surface area contributed by atoms with Crippen molar-refractivity contribution in [2.24, 2.45) is 0 Å². The largest absolute Gasteiger partial charge is 0.448 e. The number of morpholine rings is 1. The first-order chi connectivity index (χ1) is 12.5. The van der Waals surface area contributed by atoms with Crippen molar-refractivity contribution in [3.05, 3.63) is 45.6 Å². The molecule has 0 radical (unpaired) electrons. The van der Waals surface area contributed by atoms with Crippen LogP contribution in [0.15, 0.2) is 36.4 Å². The number of thiophene rings is 1. The molecule has 1 N–H and O–H groups in total. The van der Waals surface area contributed by atoms with E-state index in [0.717, 1.165) is 43.3 Å². The van der Waals surface area contributed by atoms with Crippen LogP contribution in [0.5, 0.6) is 0 Å². The molecule has 1 aliphatic heterocycles. The van der Waals surface area contributed by atoms with Gasteiger partial charge in [-0.15, -0.1) is 11.3 Å². The summed E-state index contributed by atoms with van der Waals surface area (Å²) in [5.41, 5.74) is 1.73. The molecule has 138 valence electrons. The minimum Gasteiger partial charge on any atom is -0.448 e. The number of carbonyl (C=O) groups excluding carboxylic acids is 2. The van der Waals surface area contributed by atoms with Gasteiger partial charge in [0.15, 0.2) is 6.10 Å². The molecule has 0 unspecified atom stereocenters. The van der Waals surface area contributed by atoms with Crippen LogP contribution in [0, 0.1) is 0 Å². The molecular weight excluding hydrogens is 376 g/mol. The van der Waals surface area contributed by atoms with Crippen LogP contribution in [-0.4, -0.2) is 44.3 Å². The Bertz CT molecular complexity index is 772. The summed E-state index contributed by atoms with van der Waals surface area (Å²) in [5.74, 6) is -0.952. The monoisotopic (exact) mass is 394 g/mol. The Morgan fingerprint density at radius 2 is 1.88 bits per heavy atom. The van der Waals surface area contributed by atoms with Gasteiger partial charge in [-0.1, -0.05) is 11.6 Å². The number of benzene rings is 1. The quantitative estimate of drug-likeness (QED) is 0.787. The standard InChI is InChI=1S/C18H19ClN2O4S/c1-12(25-18(23)15-6-7-16(19)26-15)17(22)20-13-2-4-14(5-3-13)21-8-10-24-11-9-21/h2-7,12H,8-11H2,1H3,(H,20,22)/t12-/m1/s1. The number of rotatable bonds is 5. The maximum atomic E-state index is 12.2. The summed E-state index contributed by atoms with van der Waals surface area (Å²) in [6.45, 7) is 4.68. The van der Waals surface area contributed by atoms with Gasteiger partial charge in [0.25, 0.3) is 5.91 Å². The molecule has 2 heterocycles. The maximum absolute atomic E-state index is 12.2. The normalized spacial score (nSPS) is 15.4. The Kier molecular flexibility index (Phi) is 6.13. The first kappa shape index (κ1) is 18.7. The van der Waals surface area contributed by atoms with Gasteiger partial charge in [0.1, 0.15) is 4.88 Å². The lowest BCUT2D eigenvalue weighted by molar-refractivity contribution is -0.123. The molecule has 0 spiro atoms. The first-order valence-corrected chi connectivity index (χ1v) is 9.42. The summed E-state index contributed by atoms with van der Waals surface area (Å²) in [6, 6.07) is 10.7. The molecular formula is C18H19ClN2O4S. The first-order valence-electron chi connectivity index (χ1n) is 8.23. The number of esters is 1. The third-order valence-electron chi connectivity index (χ3n) is 3.94. The minimum absolute atomic E-state index is 0.365. The average Bonchev–Trinajstić information content (AvgIpc) is 3.09. The van der Waals surface area contributed by atoms with Gasteiger partial charge in [-0.05, 0) is 43.3 Å². The highest BCUT2D eigenvalue weighted by molar-refractivity contribution is 7.17. The summed E-state index contributed by atoms with van der Waals surface area (Å²) in [6.07, 6.45) is -0.915. The second-order valence-corrected chi connectivity index (χ2v) is 7.50. The van der Waals surface area contributed by atoms with Crippen LogP contribution in [0.2, 0.25) is 4.34 Å². The summed E-state index contributed by atoms with van der Waals surface area (Å²) in [4.78, 5) is 26.8. The van der Waals surface area contributed by atoms with Gasteiger partial charge in [0, 0.05) is 24.5 Å². The van der Waals surface area contributed by atoms with E-state index in [4.69, 9.17) is 21.1 Å². The molecule has 1 saturated heterocycles. The number of hydrogen-bond acceptors (Lipinski definition) is 6. The van der Waals surface area contributed by atoms with Gasteiger partial charge in [-0.3, -0.25) is 4.79 Å². The summed E-state index contributed by atoms with van der Waals surface area (Å²) in [5, 5.41) is 2.75. The number of ether oxygens (including phenoxy) is 2. The molecule has 1 fully saturated rings. The lowest BCUT2D eigenvalue weighted by Crippen LogP contribution is -2.36. The highest BCUT2D eigenvalue weighted by Crippen LogP contribution is 2.23. The van der Waals surface area contributed by atoms with Gasteiger partial charge in [0.2, 0.25) is 0 Å². The molecule has 1 amide bonds. The Morgan fingerprint density at radius 3 is 2.50 bits per heavy atom. The second kappa shape index (κ2) is 8.53. The van der Waals surface area contributed by atoms with Crippen molar-refractivity contribution in [2.45, 2.75) is 13.0 Å². The third kappa shape index (κ3) is 4.75. The van der Waals surface area contributed by atoms with E-state index in [0.29, 0.717) is 14.9 Å². The molecule has 0 bridgehead atoms. The minimum atomic E-state index is -0.915. The van der Waals surface area contributed by atoms with Crippen LogP contribution in [0.25, 0.3) is 0 Å². The van der Waals surface area contributed by atoms with Crippen LogP contribution in [-0.2, 0) is 14.3 Å². The van der Waals surface area contributed by atoms with Crippen LogP contribution in [0.1, 0.15) is 16.6 Å². The van der Waals surface area contributed by atoms with E-state index >= 15 is 0 Å². The number of anilines is 2. The van der Waals surface area contributed by atoms with Crippen LogP contribution in [0.4, 0.5) is 11.4 Å². The zero-order chi connectivity index (χ0) is 18.5. The van der Waals surface area contributed by atoms with E-state index in [-0.39, 0.29) is 5.91 Å². The highest BCUT2D eigenvalue weighted by atomic mass is 35.5. The van der Waals surface area contributed by atoms with Gasteiger partial charge < -0.3 is 19.7 Å². The molecule has 2 aromatic rings. The van der Waals surface area contributed by atoms with Gasteiger partial charge in [0.05, 0.1) is 17.6 Å². The van der Waals surface area contributed by atoms with Crippen molar-refractivity contribution in [3.63, 3.8) is 0 Å². The van der Waals surface area contributed by atoms with Gasteiger partial charge in [-0.25, -0.2) is 4.79 Å². The SMILES string of the molecule is C[C@@H](OC(=O)c1ccc(Cl)s1)C(=O)Nc1ccc(N2CCOCC2)cc1. The Hall–Kier alpha value is -2.09. The lowest BCUT2D eigenvalue weighted by Gasteiger charge is -2.28. The van der Waals surface area contributed by atoms with Crippen LogP contribution >= 0.6 is 22.9 Å². The molecule has 1 aromatic carbocycles. The van der Waals surface area contributed by atoms with E-state index in [1.807, 2.05) is 24.3 Å². The third-order valence-corrected chi connectivity index (χ3v) is 5.15. The number of amides is 1. The van der Waals surface area contributed by atoms with Crippen LogP contribution < -0.4 is 10.2 Å². The Morgan fingerprint density at radius 1 is 1.19 bits per heavy atom. The molecule has 26 heavy (non-hydrogen) atoms. The van der Waals surface area contributed by atoms with Gasteiger partial charge in [-0.2, -0.15) is 0 Å². The molecule has 8 heteroatoms. The van der Waals surface area contributed by atoms with Crippen molar-refractivity contribution in [1.82, 2.24) is 0 Å². The molecule has 3 rings (SSSR count). The zero-order valence-corrected chi connectivity index (χ0v) is 15.8. The van der Waals surface area contributed by atoms with Crippen molar-refractivity contribution < 1.29 is 19.1 Å². The maximum Gasteiger partial charge on any atom is 0.349 e. The average molecular weight is 395 g/mol. The predicted molar refractivity (Wildman–Crippen MR) is 102 cm³/mol. The van der Waals surface area contributed by atoms with E-state index < -0.39 is 12.1 Å².